The first-order valence-electron chi connectivity index (χ1n) is 9.19. The maximum Gasteiger partial charge on any atom is 0.163 e. The fourth-order valence-corrected chi connectivity index (χ4v) is 3.07. The lowest BCUT2D eigenvalue weighted by Crippen LogP contribution is -2.19. The largest absolute Gasteiger partial charge is 0.376 e. The van der Waals surface area contributed by atoms with Crippen LogP contribution in [0, 0.1) is 11.6 Å². The van der Waals surface area contributed by atoms with E-state index in [0.717, 1.165) is 31.1 Å². The summed E-state index contributed by atoms with van der Waals surface area (Å²) >= 11 is 0. The summed E-state index contributed by atoms with van der Waals surface area (Å²) in [7, 11) is 0. The van der Waals surface area contributed by atoms with Crippen LogP contribution in [0.15, 0.2) is 54.6 Å². The number of hydrogen-bond donors (Lipinski definition) is 2. The first kappa shape index (κ1) is 18.3. The van der Waals surface area contributed by atoms with Gasteiger partial charge in [0.1, 0.15) is 23.3 Å². The van der Waals surface area contributed by atoms with E-state index in [4.69, 9.17) is 4.74 Å². The molecule has 2 N–H and O–H groups in total. The molecule has 0 aliphatic carbocycles. The molecule has 2 heterocycles. The molecule has 1 unspecified atom stereocenters. The Hall–Kier alpha value is -3.06. The Balaban J connectivity index is 1.62. The number of nitrogens with zero attached hydrogens (tertiary/aromatic N) is 2. The molecule has 5 nitrogen and oxygen atoms in total. The fraction of sp³-hybridized carbons (Fsp3) is 0.238. The molecular formula is C21H20F2N4O. The minimum absolute atomic E-state index is 0.143. The molecule has 0 spiro atoms. The average molecular weight is 382 g/mol. The monoisotopic (exact) mass is 382 g/mol. The zero-order valence-electron chi connectivity index (χ0n) is 15.2. The normalized spacial score (nSPS) is 16.1. The molecule has 3 aromatic rings. The Morgan fingerprint density at radius 1 is 1.00 bits per heavy atom. The zero-order valence-corrected chi connectivity index (χ0v) is 15.2. The number of halogens is 2. The molecule has 0 amide bonds. The molecule has 1 aromatic heterocycles. The van der Waals surface area contributed by atoms with Crippen LogP contribution in [0.5, 0.6) is 0 Å². The number of hydrogen-bond acceptors (Lipinski definition) is 5. The molecule has 1 aliphatic rings. The van der Waals surface area contributed by atoms with Gasteiger partial charge in [0, 0.05) is 30.8 Å². The standard InChI is InChI=1S/C21H20F2N4O/c22-15-8-9-18(17(23)11-15)25-20-12-19(24-13-16-7-4-10-28-16)26-21(27-20)14-5-2-1-3-6-14/h1-3,5-6,8-9,11-12,16H,4,7,10,13H2,(H2,24,25,26,27). The maximum absolute atomic E-state index is 14.0. The number of nitrogens with one attached hydrogen (secondary N) is 2. The van der Waals surface area contributed by atoms with E-state index in [1.54, 1.807) is 6.07 Å². The van der Waals surface area contributed by atoms with Crippen molar-refractivity contribution in [2.45, 2.75) is 18.9 Å². The van der Waals surface area contributed by atoms with Gasteiger partial charge in [0.2, 0.25) is 0 Å². The van der Waals surface area contributed by atoms with Gasteiger partial charge in [-0.05, 0) is 25.0 Å². The molecule has 0 radical (unpaired) electrons. The summed E-state index contributed by atoms with van der Waals surface area (Å²) < 4.78 is 32.8. The Kier molecular flexibility index (Phi) is 5.43. The van der Waals surface area contributed by atoms with Crippen molar-refractivity contribution in [3.63, 3.8) is 0 Å². The first-order chi connectivity index (χ1) is 13.7. The van der Waals surface area contributed by atoms with Crippen LogP contribution in [0.4, 0.5) is 26.1 Å². The van der Waals surface area contributed by atoms with Crippen LogP contribution in [-0.4, -0.2) is 29.2 Å². The van der Waals surface area contributed by atoms with Crippen molar-refractivity contribution in [1.82, 2.24) is 9.97 Å². The molecule has 144 valence electrons. The van der Waals surface area contributed by atoms with Gasteiger partial charge >= 0.3 is 0 Å². The Labute approximate surface area is 161 Å². The van der Waals surface area contributed by atoms with Crippen molar-refractivity contribution in [2.24, 2.45) is 0 Å². The second kappa shape index (κ2) is 8.31. The Morgan fingerprint density at radius 3 is 2.57 bits per heavy atom. The van der Waals surface area contributed by atoms with Crippen LogP contribution >= 0.6 is 0 Å². The van der Waals surface area contributed by atoms with Crippen molar-refractivity contribution < 1.29 is 13.5 Å². The molecule has 1 atom stereocenters. The second-order valence-electron chi connectivity index (χ2n) is 6.59. The minimum atomic E-state index is -0.686. The number of anilines is 3. The smallest absolute Gasteiger partial charge is 0.163 e. The van der Waals surface area contributed by atoms with Gasteiger partial charge < -0.3 is 15.4 Å². The summed E-state index contributed by atoms with van der Waals surface area (Å²) in [5, 5.41) is 6.19. The van der Waals surface area contributed by atoms with E-state index in [1.807, 2.05) is 30.3 Å². The number of ether oxygens (including phenoxy) is 1. The third-order valence-corrected chi connectivity index (χ3v) is 4.49. The van der Waals surface area contributed by atoms with Gasteiger partial charge in [-0.3, -0.25) is 0 Å². The van der Waals surface area contributed by atoms with Crippen molar-refractivity contribution in [2.75, 3.05) is 23.8 Å². The minimum Gasteiger partial charge on any atom is -0.376 e. The van der Waals surface area contributed by atoms with E-state index < -0.39 is 11.6 Å². The Morgan fingerprint density at radius 2 is 1.82 bits per heavy atom. The van der Waals surface area contributed by atoms with Crippen LogP contribution in [0.25, 0.3) is 11.4 Å². The average Bonchev–Trinajstić information content (AvgIpc) is 3.23. The third-order valence-electron chi connectivity index (χ3n) is 4.49. The van der Waals surface area contributed by atoms with Crippen LogP contribution in [0.3, 0.4) is 0 Å². The van der Waals surface area contributed by atoms with Gasteiger partial charge in [-0.15, -0.1) is 0 Å². The van der Waals surface area contributed by atoms with Gasteiger partial charge in [0.05, 0.1) is 11.8 Å². The summed E-state index contributed by atoms with van der Waals surface area (Å²) in [6.45, 7) is 1.41. The van der Waals surface area contributed by atoms with E-state index >= 15 is 0 Å². The summed E-state index contributed by atoms with van der Waals surface area (Å²) in [6.07, 6.45) is 2.22. The lowest BCUT2D eigenvalue weighted by Gasteiger charge is -2.14. The van der Waals surface area contributed by atoms with Gasteiger partial charge in [0.25, 0.3) is 0 Å². The molecule has 4 rings (SSSR count). The predicted octanol–water partition coefficient (Wildman–Crippen LogP) is 4.76. The summed E-state index contributed by atoms with van der Waals surface area (Å²) in [5.41, 5.74) is 0.982. The quantitative estimate of drug-likeness (QED) is 0.644. The molecular weight excluding hydrogens is 362 g/mol. The Bertz CT molecular complexity index is 946. The molecule has 7 heteroatoms. The molecule has 1 fully saturated rings. The highest BCUT2D eigenvalue weighted by Gasteiger charge is 2.16. The van der Waals surface area contributed by atoms with Crippen LogP contribution in [0.1, 0.15) is 12.8 Å². The van der Waals surface area contributed by atoms with Gasteiger partial charge in [-0.2, -0.15) is 0 Å². The van der Waals surface area contributed by atoms with Gasteiger partial charge in [-0.1, -0.05) is 30.3 Å². The van der Waals surface area contributed by atoms with Crippen molar-refractivity contribution in [3.05, 3.63) is 66.2 Å². The van der Waals surface area contributed by atoms with Crippen LogP contribution in [0.2, 0.25) is 0 Å². The maximum atomic E-state index is 14.0. The van der Waals surface area contributed by atoms with E-state index in [0.29, 0.717) is 24.0 Å². The molecule has 28 heavy (non-hydrogen) atoms. The summed E-state index contributed by atoms with van der Waals surface area (Å²) in [4.78, 5) is 9.06. The highest BCUT2D eigenvalue weighted by atomic mass is 19.1. The van der Waals surface area contributed by atoms with E-state index in [2.05, 4.69) is 20.6 Å². The highest BCUT2D eigenvalue weighted by Crippen LogP contribution is 2.25. The number of rotatable bonds is 6. The predicted molar refractivity (Wildman–Crippen MR) is 105 cm³/mol. The summed E-state index contributed by atoms with van der Waals surface area (Å²) in [6, 6.07) is 14.6. The SMILES string of the molecule is Fc1ccc(Nc2cc(NCC3CCCO3)nc(-c3ccccc3)n2)c(F)c1. The molecule has 2 aromatic carbocycles. The van der Waals surface area contributed by atoms with E-state index in [-0.39, 0.29) is 11.8 Å². The third kappa shape index (κ3) is 4.43. The lowest BCUT2D eigenvalue weighted by atomic mass is 10.2. The van der Waals surface area contributed by atoms with E-state index in [1.165, 1.54) is 12.1 Å². The number of aromatic nitrogens is 2. The summed E-state index contributed by atoms with van der Waals surface area (Å²) in [5.74, 6) is 0.204. The second-order valence-corrected chi connectivity index (χ2v) is 6.59. The van der Waals surface area contributed by atoms with Crippen LogP contribution < -0.4 is 10.6 Å². The lowest BCUT2D eigenvalue weighted by molar-refractivity contribution is 0.120. The van der Waals surface area contributed by atoms with Crippen molar-refractivity contribution in [1.29, 1.82) is 0 Å². The highest BCUT2D eigenvalue weighted by molar-refractivity contribution is 5.65. The topological polar surface area (TPSA) is 59.1 Å². The fourth-order valence-electron chi connectivity index (χ4n) is 3.07. The first-order valence-corrected chi connectivity index (χ1v) is 9.19. The molecule has 1 aliphatic heterocycles. The molecule has 0 bridgehead atoms. The number of benzene rings is 2. The molecule has 0 saturated carbocycles. The van der Waals surface area contributed by atoms with Crippen LogP contribution in [-0.2, 0) is 4.74 Å². The molecule has 1 saturated heterocycles. The van der Waals surface area contributed by atoms with E-state index in [9.17, 15) is 8.78 Å². The van der Waals surface area contributed by atoms with Crippen molar-refractivity contribution >= 4 is 17.3 Å². The van der Waals surface area contributed by atoms with Gasteiger partial charge in [0.15, 0.2) is 5.82 Å². The van der Waals surface area contributed by atoms with Gasteiger partial charge in [-0.25, -0.2) is 18.7 Å². The zero-order chi connectivity index (χ0) is 19.3. The van der Waals surface area contributed by atoms with Crippen molar-refractivity contribution in [3.8, 4) is 11.4 Å².